The first kappa shape index (κ1) is 15.2. The van der Waals surface area contributed by atoms with Crippen LogP contribution in [0.2, 0.25) is 0 Å². The summed E-state index contributed by atoms with van der Waals surface area (Å²) in [6, 6.07) is 9.96. The van der Waals surface area contributed by atoms with Crippen molar-refractivity contribution in [2.75, 3.05) is 14.1 Å². The summed E-state index contributed by atoms with van der Waals surface area (Å²) in [5, 5.41) is 0. The van der Waals surface area contributed by atoms with Gasteiger partial charge in [-0.15, -0.1) is 0 Å². The van der Waals surface area contributed by atoms with Crippen LogP contribution in [0.15, 0.2) is 24.3 Å². The fourth-order valence-electron chi connectivity index (χ4n) is 1.77. The van der Waals surface area contributed by atoms with Crippen molar-refractivity contribution in [3.8, 4) is 0 Å². The van der Waals surface area contributed by atoms with Gasteiger partial charge in [-0.3, -0.25) is 9.80 Å². The molecule has 1 aromatic carbocycles. The van der Waals surface area contributed by atoms with E-state index in [1.54, 1.807) is 0 Å². The van der Waals surface area contributed by atoms with E-state index in [9.17, 15) is 0 Å². The fourth-order valence-corrected chi connectivity index (χ4v) is 1.77. The van der Waals surface area contributed by atoms with Crippen molar-refractivity contribution in [1.29, 1.82) is 0 Å². The molecule has 1 rings (SSSR count). The molecule has 0 bridgehead atoms. The Morgan fingerprint density at radius 2 is 1.11 bits per heavy atom. The summed E-state index contributed by atoms with van der Waals surface area (Å²) in [6.45, 7) is 11.0. The zero-order valence-corrected chi connectivity index (χ0v) is 12.8. The monoisotopic (exact) mass is 248 g/mol. The van der Waals surface area contributed by atoms with E-state index in [1.807, 2.05) is 0 Å². The van der Waals surface area contributed by atoms with Crippen LogP contribution in [0.25, 0.3) is 0 Å². The maximum Gasteiger partial charge on any atom is 0.0236 e. The fraction of sp³-hybridized carbons (Fsp3) is 0.625. The SMILES string of the molecule is CC(C)N(C)Cc1ccccc1CN(C)C(C)C. The lowest BCUT2D eigenvalue weighted by Gasteiger charge is -2.25. The zero-order chi connectivity index (χ0) is 13.7. The molecule has 2 nitrogen and oxygen atoms in total. The summed E-state index contributed by atoms with van der Waals surface area (Å²) in [6.07, 6.45) is 0. The molecule has 0 aromatic heterocycles. The predicted octanol–water partition coefficient (Wildman–Crippen LogP) is 3.37. The van der Waals surface area contributed by atoms with Gasteiger partial charge in [0.25, 0.3) is 0 Å². The molecular weight excluding hydrogens is 220 g/mol. The Balaban J connectivity index is 2.79. The van der Waals surface area contributed by atoms with Crippen molar-refractivity contribution in [2.45, 2.75) is 52.9 Å². The van der Waals surface area contributed by atoms with Gasteiger partial charge in [0.1, 0.15) is 0 Å². The van der Waals surface area contributed by atoms with Crippen LogP contribution in [0, 0.1) is 0 Å². The molecule has 0 saturated heterocycles. The van der Waals surface area contributed by atoms with Crippen LogP contribution < -0.4 is 0 Å². The van der Waals surface area contributed by atoms with E-state index in [1.165, 1.54) is 11.1 Å². The van der Waals surface area contributed by atoms with E-state index in [-0.39, 0.29) is 0 Å². The Bertz CT molecular complexity index is 323. The largest absolute Gasteiger partial charge is 0.300 e. The van der Waals surface area contributed by atoms with Crippen molar-refractivity contribution in [3.05, 3.63) is 35.4 Å². The van der Waals surface area contributed by atoms with Gasteiger partial charge in [-0.25, -0.2) is 0 Å². The molecule has 0 atom stereocenters. The van der Waals surface area contributed by atoms with E-state index in [2.05, 4.69) is 75.9 Å². The molecule has 0 aliphatic rings. The van der Waals surface area contributed by atoms with Crippen LogP contribution in [-0.2, 0) is 13.1 Å². The van der Waals surface area contributed by atoms with Crippen LogP contribution >= 0.6 is 0 Å². The van der Waals surface area contributed by atoms with Gasteiger partial charge in [0.15, 0.2) is 0 Å². The quantitative estimate of drug-likeness (QED) is 0.761. The van der Waals surface area contributed by atoms with Gasteiger partial charge in [-0.1, -0.05) is 24.3 Å². The smallest absolute Gasteiger partial charge is 0.0236 e. The second-order valence-corrected chi connectivity index (χ2v) is 5.79. The first-order valence-electron chi connectivity index (χ1n) is 6.89. The van der Waals surface area contributed by atoms with Gasteiger partial charge in [0, 0.05) is 25.2 Å². The minimum atomic E-state index is 0.584. The Hall–Kier alpha value is -0.860. The molecule has 0 radical (unpaired) electrons. The molecule has 0 amide bonds. The number of hydrogen-bond donors (Lipinski definition) is 0. The molecule has 0 unspecified atom stereocenters. The van der Waals surface area contributed by atoms with E-state index in [0.717, 1.165) is 13.1 Å². The molecule has 0 aliphatic heterocycles. The number of hydrogen-bond acceptors (Lipinski definition) is 2. The van der Waals surface area contributed by atoms with Crippen molar-refractivity contribution in [3.63, 3.8) is 0 Å². The molecule has 102 valence electrons. The molecule has 0 aliphatic carbocycles. The third kappa shape index (κ3) is 4.43. The van der Waals surface area contributed by atoms with E-state index < -0.39 is 0 Å². The molecule has 0 N–H and O–H groups in total. The molecule has 0 fully saturated rings. The lowest BCUT2D eigenvalue weighted by Crippen LogP contribution is -2.28. The summed E-state index contributed by atoms with van der Waals surface area (Å²) in [5.74, 6) is 0. The lowest BCUT2D eigenvalue weighted by molar-refractivity contribution is 0.252. The third-order valence-electron chi connectivity index (χ3n) is 3.72. The van der Waals surface area contributed by atoms with Crippen molar-refractivity contribution < 1.29 is 0 Å². The molecule has 2 heteroatoms. The van der Waals surface area contributed by atoms with Gasteiger partial charge in [0.2, 0.25) is 0 Å². The Morgan fingerprint density at radius 3 is 1.39 bits per heavy atom. The molecule has 0 spiro atoms. The normalized spacial score (nSPS) is 12.1. The molecule has 0 heterocycles. The predicted molar refractivity (Wildman–Crippen MR) is 79.6 cm³/mol. The Morgan fingerprint density at radius 1 is 0.778 bits per heavy atom. The Kier molecular flexibility index (Phi) is 5.83. The number of benzene rings is 1. The highest BCUT2D eigenvalue weighted by Gasteiger charge is 2.10. The summed E-state index contributed by atoms with van der Waals surface area (Å²) < 4.78 is 0. The average Bonchev–Trinajstić information content (AvgIpc) is 2.31. The van der Waals surface area contributed by atoms with Crippen LogP contribution in [0.5, 0.6) is 0 Å². The maximum atomic E-state index is 2.38. The molecule has 18 heavy (non-hydrogen) atoms. The number of rotatable bonds is 6. The van der Waals surface area contributed by atoms with Crippen LogP contribution in [-0.4, -0.2) is 36.0 Å². The van der Waals surface area contributed by atoms with E-state index in [0.29, 0.717) is 12.1 Å². The maximum absolute atomic E-state index is 2.38. The molecule has 1 aromatic rings. The van der Waals surface area contributed by atoms with E-state index in [4.69, 9.17) is 0 Å². The van der Waals surface area contributed by atoms with Gasteiger partial charge in [0.05, 0.1) is 0 Å². The summed E-state index contributed by atoms with van der Waals surface area (Å²) in [4.78, 5) is 4.77. The molecular formula is C16H28N2. The minimum Gasteiger partial charge on any atom is -0.300 e. The van der Waals surface area contributed by atoms with Crippen molar-refractivity contribution in [2.24, 2.45) is 0 Å². The third-order valence-corrected chi connectivity index (χ3v) is 3.72. The first-order valence-corrected chi connectivity index (χ1v) is 6.89. The van der Waals surface area contributed by atoms with Crippen LogP contribution in [0.1, 0.15) is 38.8 Å². The highest BCUT2D eigenvalue weighted by molar-refractivity contribution is 5.27. The van der Waals surface area contributed by atoms with E-state index >= 15 is 0 Å². The number of nitrogens with zero attached hydrogens (tertiary/aromatic N) is 2. The topological polar surface area (TPSA) is 6.48 Å². The summed E-state index contributed by atoms with van der Waals surface area (Å²) in [5.41, 5.74) is 2.89. The van der Waals surface area contributed by atoms with Crippen molar-refractivity contribution in [1.82, 2.24) is 9.80 Å². The highest BCUT2D eigenvalue weighted by Crippen LogP contribution is 2.15. The molecule has 0 saturated carbocycles. The standard InChI is InChI=1S/C16H28N2/c1-13(2)17(5)11-15-9-7-8-10-16(15)12-18(6)14(3)4/h7-10,13-14H,11-12H2,1-6H3. The Labute approximate surface area is 113 Å². The van der Waals surface area contributed by atoms with Gasteiger partial charge in [-0.05, 0) is 52.9 Å². The van der Waals surface area contributed by atoms with Gasteiger partial charge < -0.3 is 0 Å². The average molecular weight is 248 g/mol. The second-order valence-electron chi connectivity index (χ2n) is 5.79. The van der Waals surface area contributed by atoms with Gasteiger partial charge >= 0.3 is 0 Å². The summed E-state index contributed by atoms with van der Waals surface area (Å²) >= 11 is 0. The van der Waals surface area contributed by atoms with Crippen LogP contribution in [0.3, 0.4) is 0 Å². The van der Waals surface area contributed by atoms with Gasteiger partial charge in [-0.2, -0.15) is 0 Å². The lowest BCUT2D eigenvalue weighted by atomic mass is 10.1. The minimum absolute atomic E-state index is 0.584. The zero-order valence-electron chi connectivity index (χ0n) is 12.8. The second kappa shape index (κ2) is 6.91. The van der Waals surface area contributed by atoms with Crippen LogP contribution in [0.4, 0.5) is 0 Å². The van der Waals surface area contributed by atoms with Crippen molar-refractivity contribution >= 4 is 0 Å². The highest BCUT2D eigenvalue weighted by atomic mass is 15.1. The summed E-state index contributed by atoms with van der Waals surface area (Å²) in [7, 11) is 4.38. The first-order chi connectivity index (χ1) is 8.41.